The Morgan fingerprint density at radius 3 is 2.06 bits per heavy atom. The van der Waals surface area contributed by atoms with Gasteiger partial charge in [-0.3, -0.25) is 9.59 Å². The molecule has 0 saturated heterocycles. The number of rotatable bonds is 5. The van der Waals surface area contributed by atoms with Crippen LogP contribution in [0.5, 0.6) is 0 Å². The van der Waals surface area contributed by atoms with Gasteiger partial charge in [0.05, 0.1) is 7.11 Å². The third kappa shape index (κ3) is 6.98. The lowest BCUT2D eigenvalue weighted by Gasteiger charge is -2.18. The standard InChI is InChI=1S/C11H18O5/c1-11(2,3)16-10(14)8(12)6-5-7-9(13)15-4/h5-7H2,1-4H3. The van der Waals surface area contributed by atoms with Crippen LogP contribution in [0.3, 0.4) is 0 Å². The van der Waals surface area contributed by atoms with E-state index in [-0.39, 0.29) is 12.8 Å². The van der Waals surface area contributed by atoms with E-state index < -0.39 is 23.3 Å². The van der Waals surface area contributed by atoms with E-state index in [1.54, 1.807) is 20.8 Å². The van der Waals surface area contributed by atoms with E-state index in [9.17, 15) is 14.4 Å². The van der Waals surface area contributed by atoms with Crippen LogP contribution < -0.4 is 0 Å². The number of ether oxygens (including phenoxy) is 2. The zero-order valence-electron chi connectivity index (χ0n) is 10.2. The minimum Gasteiger partial charge on any atom is -0.469 e. The Hall–Kier alpha value is -1.39. The Kier molecular flexibility index (Phi) is 5.71. The molecule has 0 bridgehead atoms. The van der Waals surface area contributed by atoms with Gasteiger partial charge in [-0.1, -0.05) is 0 Å². The van der Waals surface area contributed by atoms with E-state index >= 15 is 0 Å². The smallest absolute Gasteiger partial charge is 0.375 e. The van der Waals surface area contributed by atoms with Crippen molar-refractivity contribution in [3.63, 3.8) is 0 Å². The van der Waals surface area contributed by atoms with Crippen LogP contribution in [0, 0.1) is 0 Å². The second-order valence-electron chi connectivity index (χ2n) is 4.35. The van der Waals surface area contributed by atoms with Gasteiger partial charge in [0.2, 0.25) is 5.78 Å². The summed E-state index contributed by atoms with van der Waals surface area (Å²) in [6, 6.07) is 0. The first kappa shape index (κ1) is 14.6. The first-order valence-electron chi connectivity index (χ1n) is 5.09. The number of esters is 2. The van der Waals surface area contributed by atoms with E-state index in [1.165, 1.54) is 7.11 Å². The van der Waals surface area contributed by atoms with Gasteiger partial charge in [0, 0.05) is 12.8 Å². The van der Waals surface area contributed by atoms with Crippen molar-refractivity contribution in [1.82, 2.24) is 0 Å². The van der Waals surface area contributed by atoms with Gasteiger partial charge >= 0.3 is 11.9 Å². The highest BCUT2D eigenvalue weighted by Crippen LogP contribution is 2.08. The van der Waals surface area contributed by atoms with Crippen LogP contribution in [0.2, 0.25) is 0 Å². The Labute approximate surface area is 95.1 Å². The second kappa shape index (κ2) is 6.25. The zero-order valence-corrected chi connectivity index (χ0v) is 10.2. The predicted octanol–water partition coefficient (Wildman–Crippen LogP) is 1.24. The summed E-state index contributed by atoms with van der Waals surface area (Å²) in [6.07, 6.45) is 0.430. The van der Waals surface area contributed by atoms with Crippen molar-refractivity contribution in [3.05, 3.63) is 0 Å². The molecular formula is C11H18O5. The normalized spacial score (nSPS) is 10.8. The van der Waals surface area contributed by atoms with Crippen molar-refractivity contribution in [2.24, 2.45) is 0 Å². The Bertz CT molecular complexity index is 275. The molecule has 0 N–H and O–H groups in total. The van der Waals surface area contributed by atoms with Crippen molar-refractivity contribution in [2.45, 2.75) is 45.6 Å². The third-order valence-electron chi connectivity index (χ3n) is 1.64. The first-order valence-corrected chi connectivity index (χ1v) is 5.09. The summed E-state index contributed by atoms with van der Waals surface area (Å²) in [4.78, 5) is 33.2. The number of ketones is 1. The Morgan fingerprint density at radius 1 is 1.06 bits per heavy atom. The number of hydrogen-bond acceptors (Lipinski definition) is 5. The summed E-state index contributed by atoms with van der Waals surface area (Å²) in [5, 5.41) is 0. The Balaban J connectivity index is 3.90. The molecule has 0 radical (unpaired) electrons. The maximum Gasteiger partial charge on any atom is 0.375 e. The molecule has 5 heteroatoms. The summed E-state index contributed by atoms with van der Waals surface area (Å²) in [7, 11) is 1.28. The maximum absolute atomic E-state index is 11.3. The molecule has 92 valence electrons. The molecule has 0 atom stereocenters. The minimum absolute atomic E-state index is 0.00398. The van der Waals surface area contributed by atoms with Crippen molar-refractivity contribution in [3.8, 4) is 0 Å². The van der Waals surface area contributed by atoms with Gasteiger partial charge in [0.25, 0.3) is 0 Å². The molecule has 0 aliphatic heterocycles. The van der Waals surface area contributed by atoms with Crippen molar-refractivity contribution >= 4 is 17.7 Å². The number of carbonyl (C=O) groups excluding carboxylic acids is 3. The van der Waals surface area contributed by atoms with Gasteiger partial charge in [-0.2, -0.15) is 0 Å². The molecular weight excluding hydrogens is 212 g/mol. The van der Waals surface area contributed by atoms with E-state index in [0.717, 1.165) is 0 Å². The topological polar surface area (TPSA) is 69.7 Å². The summed E-state index contributed by atoms with van der Waals surface area (Å²) in [5.74, 6) is -1.85. The van der Waals surface area contributed by atoms with E-state index in [2.05, 4.69) is 4.74 Å². The summed E-state index contributed by atoms with van der Waals surface area (Å²) in [6.45, 7) is 5.06. The zero-order chi connectivity index (χ0) is 12.8. The van der Waals surface area contributed by atoms with Crippen LogP contribution in [0.4, 0.5) is 0 Å². The highest BCUT2D eigenvalue weighted by molar-refractivity contribution is 6.33. The molecule has 5 nitrogen and oxygen atoms in total. The molecule has 0 aliphatic rings. The first-order chi connectivity index (χ1) is 7.26. The molecule has 0 spiro atoms. The van der Waals surface area contributed by atoms with E-state index in [0.29, 0.717) is 6.42 Å². The predicted molar refractivity (Wildman–Crippen MR) is 56.7 cm³/mol. The lowest BCUT2D eigenvalue weighted by Crippen LogP contribution is -2.28. The molecule has 0 aromatic heterocycles. The summed E-state index contributed by atoms with van der Waals surface area (Å²) >= 11 is 0. The highest BCUT2D eigenvalue weighted by Gasteiger charge is 2.22. The van der Waals surface area contributed by atoms with Gasteiger partial charge in [0.1, 0.15) is 5.60 Å². The lowest BCUT2D eigenvalue weighted by molar-refractivity contribution is -0.162. The molecule has 0 aromatic rings. The summed E-state index contributed by atoms with van der Waals surface area (Å²) < 4.78 is 9.29. The van der Waals surface area contributed by atoms with Crippen LogP contribution in [-0.2, 0) is 23.9 Å². The van der Waals surface area contributed by atoms with Gasteiger partial charge in [-0.25, -0.2) is 4.79 Å². The van der Waals surface area contributed by atoms with Gasteiger partial charge < -0.3 is 9.47 Å². The minimum atomic E-state index is -0.850. The molecule has 0 rings (SSSR count). The largest absolute Gasteiger partial charge is 0.469 e. The van der Waals surface area contributed by atoms with Crippen LogP contribution in [0.25, 0.3) is 0 Å². The van der Waals surface area contributed by atoms with Gasteiger partial charge in [0.15, 0.2) is 0 Å². The fourth-order valence-electron chi connectivity index (χ4n) is 0.932. The maximum atomic E-state index is 11.3. The average Bonchev–Trinajstić information content (AvgIpc) is 2.14. The number of methoxy groups -OCH3 is 1. The number of hydrogen-bond donors (Lipinski definition) is 0. The molecule has 0 unspecified atom stereocenters. The molecule has 0 fully saturated rings. The summed E-state index contributed by atoms with van der Waals surface area (Å²) in [5.41, 5.74) is -0.672. The SMILES string of the molecule is COC(=O)CCCC(=O)C(=O)OC(C)(C)C. The van der Waals surface area contributed by atoms with E-state index in [1.807, 2.05) is 0 Å². The molecule has 0 aromatic carbocycles. The van der Waals surface area contributed by atoms with Gasteiger partial charge in [-0.05, 0) is 27.2 Å². The number of carbonyl (C=O) groups is 3. The molecule has 0 amide bonds. The third-order valence-corrected chi connectivity index (χ3v) is 1.64. The van der Waals surface area contributed by atoms with Crippen molar-refractivity contribution in [2.75, 3.05) is 7.11 Å². The monoisotopic (exact) mass is 230 g/mol. The van der Waals surface area contributed by atoms with Gasteiger partial charge in [-0.15, -0.1) is 0 Å². The molecule has 16 heavy (non-hydrogen) atoms. The van der Waals surface area contributed by atoms with Crippen LogP contribution in [-0.4, -0.2) is 30.4 Å². The molecule has 0 heterocycles. The van der Waals surface area contributed by atoms with Crippen LogP contribution in [0.1, 0.15) is 40.0 Å². The van der Waals surface area contributed by atoms with Crippen LogP contribution in [0.15, 0.2) is 0 Å². The van der Waals surface area contributed by atoms with Crippen molar-refractivity contribution in [1.29, 1.82) is 0 Å². The van der Waals surface area contributed by atoms with Crippen LogP contribution >= 0.6 is 0 Å². The highest BCUT2D eigenvalue weighted by atomic mass is 16.6. The lowest BCUT2D eigenvalue weighted by atomic mass is 10.1. The average molecular weight is 230 g/mol. The fourth-order valence-corrected chi connectivity index (χ4v) is 0.932. The Morgan fingerprint density at radius 2 is 1.62 bits per heavy atom. The molecule has 0 aliphatic carbocycles. The second-order valence-corrected chi connectivity index (χ2v) is 4.35. The quantitative estimate of drug-likeness (QED) is 0.525. The fraction of sp³-hybridized carbons (Fsp3) is 0.727. The molecule has 0 saturated carbocycles. The van der Waals surface area contributed by atoms with Crippen molar-refractivity contribution < 1.29 is 23.9 Å². The number of Topliss-reactive ketones (excluding diaryl/α,β-unsaturated/α-hetero) is 1. The van der Waals surface area contributed by atoms with E-state index in [4.69, 9.17) is 4.74 Å².